The van der Waals surface area contributed by atoms with Crippen LogP contribution in [0.2, 0.25) is 0 Å². The molecule has 9 aromatic rings. The fourth-order valence-corrected chi connectivity index (χ4v) is 7.89. The topological polar surface area (TPSA) is 36.9 Å². The third-order valence-electron chi connectivity index (χ3n) is 8.90. The van der Waals surface area contributed by atoms with Crippen LogP contribution in [0.1, 0.15) is 5.56 Å². The van der Waals surface area contributed by atoms with Gasteiger partial charge in [0.25, 0.3) is 0 Å². The van der Waals surface area contributed by atoms with Gasteiger partial charge < -0.3 is 4.42 Å². The summed E-state index contributed by atoms with van der Waals surface area (Å²) in [5.41, 5.74) is 11.0. The average Bonchev–Trinajstić information content (AvgIpc) is 3.69. The number of benzene rings is 7. The second-order valence-corrected chi connectivity index (χ2v) is 12.7. The summed E-state index contributed by atoms with van der Waals surface area (Å²) in [6, 6.07) is 55.5. The molecule has 7 aromatic carbocycles. The molecule has 0 aliphatic rings. The van der Waals surface area contributed by atoms with E-state index in [1.807, 2.05) is 59.9 Å². The van der Waals surface area contributed by atoms with Gasteiger partial charge in [-0.25, -0.2) is 0 Å². The van der Waals surface area contributed by atoms with Crippen LogP contribution in [0.5, 0.6) is 0 Å². The molecule has 2 nitrogen and oxygen atoms in total. The fraction of sp³-hybridized carbons (Fsp3) is 0. The van der Waals surface area contributed by atoms with Crippen LogP contribution < -0.4 is 0 Å². The minimum atomic E-state index is 0.631. The maximum Gasteiger partial charge on any atom is 0.136 e. The molecule has 0 amide bonds. The van der Waals surface area contributed by atoms with Crippen LogP contribution in [0.25, 0.3) is 86.6 Å². The van der Waals surface area contributed by atoms with E-state index in [0.717, 1.165) is 60.9 Å². The van der Waals surface area contributed by atoms with Crippen molar-refractivity contribution < 1.29 is 4.42 Å². The zero-order valence-electron chi connectivity index (χ0n) is 24.7. The highest BCUT2D eigenvalue weighted by Gasteiger charge is 2.18. The summed E-state index contributed by atoms with van der Waals surface area (Å²) in [6.07, 6.45) is 0. The number of hydrogen-bond acceptors (Lipinski definition) is 3. The third kappa shape index (κ3) is 4.31. The van der Waals surface area contributed by atoms with E-state index in [0.29, 0.717) is 5.56 Å². The molecular formula is C43H25NOS. The molecule has 0 bridgehead atoms. The van der Waals surface area contributed by atoms with Crippen LogP contribution >= 0.6 is 11.3 Å². The minimum Gasteiger partial charge on any atom is -0.456 e. The number of thiophene rings is 1. The van der Waals surface area contributed by atoms with Crippen LogP contribution in [-0.2, 0) is 0 Å². The Labute approximate surface area is 270 Å². The number of nitriles is 1. The van der Waals surface area contributed by atoms with Gasteiger partial charge in [-0.3, -0.25) is 0 Å². The van der Waals surface area contributed by atoms with Gasteiger partial charge >= 0.3 is 0 Å². The van der Waals surface area contributed by atoms with Gasteiger partial charge in [0.1, 0.15) is 11.2 Å². The van der Waals surface area contributed by atoms with Gasteiger partial charge in [-0.2, -0.15) is 5.26 Å². The Balaban J connectivity index is 1.31. The Bertz CT molecular complexity index is 2650. The summed E-state index contributed by atoms with van der Waals surface area (Å²) < 4.78 is 8.86. The molecule has 3 heteroatoms. The van der Waals surface area contributed by atoms with E-state index in [1.165, 1.54) is 25.7 Å². The molecule has 0 N–H and O–H groups in total. The van der Waals surface area contributed by atoms with Crippen molar-refractivity contribution in [2.45, 2.75) is 0 Å². The standard InChI is InChI=1S/C43H25NOS/c44-26-27-21-31(28-9-2-1-3-10-28)23-32(22-27)38-24-29(30-18-20-35-34-11-5-7-16-41(34)46-42(35)25-30)17-19-33(38)36-13-8-15-40-43(36)37-12-4-6-14-39(37)45-40/h1-25H. The second-order valence-electron chi connectivity index (χ2n) is 11.6. The predicted octanol–water partition coefficient (Wildman–Crippen LogP) is 12.5. The smallest absolute Gasteiger partial charge is 0.136 e. The molecule has 46 heavy (non-hydrogen) atoms. The highest BCUT2D eigenvalue weighted by Crippen LogP contribution is 2.44. The molecule has 2 heterocycles. The molecule has 2 aromatic heterocycles. The first-order chi connectivity index (χ1) is 22.7. The minimum absolute atomic E-state index is 0.631. The molecular weight excluding hydrogens is 579 g/mol. The average molecular weight is 604 g/mol. The maximum atomic E-state index is 10.1. The molecule has 0 aliphatic carbocycles. The summed E-state index contributed by atoms with van der Waals surface area (Å²) in [7, 11) is 0. The monoisotopic (exact) mass is 603 g/mol. The van der Waals surface area contributed by atoms with Gasteiger partial charge in [-0.1, -0.05) is 103 Å². The van der Waals surface area contributed by atoms with Crippen LogP contribution in [0, 0.1) is 11.3 Å². The van der Waals surface area contributed by atoms with E-state index >= 15 is 0 Å². The molecule has 9 rings (SSSR count). The van der Waals surface area contributed by atoms with E-state index in [2.05, 4.69) is 109 Å². The molecule has 0 radical (unpaired) electrons. The van der Waals surface area contributed by atoms with Crippen molar-refractivity contribution in [2.24, 2.45) is 0 Å². The first-order valence-electron chi connectivity index (χ1n) is 15.3. The number of rotatable bonds is 4. The zero-order chi connectivity index (χ0) is 30.6. The van der Waals surface area contributed by atoms with Gasteiger partial charge in [0, 0.05) is 30.9 Å². The van der Waals surface area contributed by atoms with Gasteiger partial charge in [-0.05, 0) is 93.0 Å². The summed E-state index contributed by atoms with van der Waals surface area (Å²) in [5, 5.41) is 14.9. The number of para-hydroxylation sites is 1. The van der Waals surface area contributed by atoms with Gasteiger partial charge in [-0.15, -0.1) is 11.3 Å². The lowest BCUT2D eigenvalue weighted by Crippen LogP contribution is -1.91. The SMILES string of the molecule is N#Cc1cc(-c2ccccc2)cc(-c2cc(-c3ccc4c(c3)sc3ccccc34)ccc2-c2cccc3oc4ccccc4c23)c1. The van der Waals surface area contributed by atoms with Crippen LogP contribution in [0.3, 0.4) is 0 Å². The summed E-state index contributed by atoms with van der Waals surface area (Å²) in [4.78, 5) is 0. The summed E-state index contributed by atoms with van der Waals surface area (Å²) >= 11 is 1.83. The molecule has 0 atom stereocenters. The van der Waals surface area contributed by atoms with Crippen LogP contribution in [0.15, 0.2) is 156 Å². The van der Waals surface area contributed by atoms with Crippen molar-refractivity contribution >= 4 is 53.4 Å². The quantitative estimate of drug-likeness (QED) is 0.201. The molecule has 0 spiro atoms. The molecule has 214 valence electrons. The van der Waals surface area contributed by atoms with E-state index in [4.69, 9.17) is 4.42 Å². The van der Waals surface area contributed by atoms with Crippen molar-refractivity contribution in [3.05, 3.63) is 157 Å². The highest BCUT2D eigenvalue weighted by molar-refractivity contribution is 7.25. The Hall–Kier alpha value is -5.95. The van der Waals surface area contributed by atoms with Crippen molar-refractivity contribution in [3.8, 4) is 50.6 Å². The Morgan fingerprint density at radius 2 is 1.15 bits per heavy atom. The normalized spacial score (nSPS) is 11.5. The maximum absolute atomic E-state index is 10.1. The van der Waals surface area contributed by atoms with E-state index in [-0.39, 0.29) is 0 Å². The Kier molecular flexibility index (Phi) is 6.09. The van der Waals surface area contributed by atoms with Crippen molar-refractivity contribution in [1.82, 2.24) is 0 Å². The van der Waals surface area contributed by atoms with Crippen molar-refractivity contribution in [2.75, 3.05) is 0 Å². The Morgan fingerprint density at radius 1 is 0.435 bits per heavy atom. The Morgan fingerprint density at radius 3 is 2.04 bits per heavy atom. The second kappa shape index (κ2) is 10.6. The molecule has 0 saturated heterocycles. The van der Waals surface area contributed by atoms with Crippen molar-refractivity contribution in [3.63, 3.8) is 0 Å². The first-order valence-corrected chi connectivity index (χ1v) is 16.1. The molecule has 0 aliphatic heterocycles. The van der Waals surface area contributed by atoms with Gasteiger partial charge in [0.2, 0.25) is 0 Å². The first kappa shape index (κ1) is 26.5. The number of nitrogens with zero attached hydrogens (tertiary/aromatic N) is 1. The fourth-order valence-electron chi connectivity index (χ4n) is 6.75. The van der Waals surface area contributed by atoms with E-state index < -0.39 is 0 Å². The van der Waals surface area contributed by atoms with Crippen LogP contribution in [-0.4, -0.2) is 0 Å². The van der Waals surface area contributed by atoms with Gasteiger partial charge in [0.15, 0.2) is 0 Å². The lowest BCUT2D eigenvalue weighted by atomic mass is 9.87. The lowest BCUT2D eigenvalue weighted by Gasteiger charge is -2.16. The van der Waals surface area contributed by atoms with Crippen LogP contribution in [0.4, 0.5) is 0 Å². The number of furan rings is 1. The summed E-state index contributed by atoms with van der Waals surface area (Å²) in [6.45, 7) is 0. The molecule has 0 fully saturated rings. The largest absolute Gasteiger partial charge is 0.456 e. The highest BCUT2D eigenvalue weighted by atomic mass is 32.1. The lowest BCUT2D eigenvalue weighted by molar-refractivity contribution is 0.669. The number of hydrogen-bond donors (Lipinski definition) is 0. The third-order valence-corrected chi connectivity index (χ3v) is 10.0. The zero-order valence-corrected chi connectivity index (χ0v) is 25.5. The summed E-state index contributed by atoms with van der Waals surface area (Å²) in [5.74, 6) is 0. The molecule has 0 saturated carbocycles. The predicted molar refractivity (Wildman–Crippen MR) is 193 cm³/mol. The number of fused-ring (bicyclic) bond motifs is 6. The van der Waals surface area contributed by atoms with Gasteiger partial charge in [0.05, 0.1) is 11.6 Å². The van der Waals surface area contributed by atoms with E-state index in [9.17, 15) is 5.26 Å². The molecule has 0 unspecified atom stereocenters. The van der Waals surface area contributed by atoms with E-state index in [1.54, 1.807) is 0 Å². The van der Waals surface area contributed by atoms with Crippen molar-refractivity contribution in [1.29, 1.82) is 5.26 Å².